The highest BCUT2D eigenvalue weighted by atomic mass is 16.1. The summed E-state index contributed by atoms with van der Waals surface area (Å²) in [6.07, 6.45) is 12.7. The van der Waals surface area contributed by atoms with E-state index in [0.29, 0.717) is 17.9 Å². The first-order chi connectivity index (χ1) is 10.8. The summed E-state index contributed by atoms with van der Waals surface area (Å²) in [5, 5.41) is 7.00. The van der Waals surface area contributed by atoms with Crippen LogP contribution in [0.5, 0.6) is 0 Å². The zero-order valence-corrected chi connectivity index (χ0v) is 12.4. The minimum atomic E-state index is -0.130. The van der Waals surface area contributed by atoms with Crippen molar-refractivity contribution >= 4 is 5.91 Å². The average molecular weight is 297 g/mol. The first-order valence-electron chi connectivity index (χ1n) is 7.61. The zero-order chi connectivity index (χ0) is 15.2. The van der Waals surface area contributed by atoms with Crippen molar-refractivity contribution in [3.05, 3.63) is 48.2 Å². The van der Waals surface area contributed by atoms with Crippen LogP contribution in [-0.2, 0) is 0 Å². The molecular formula is C16H19N5O. The average Bonchev–Trinajstić information content (AvgIpc) is 3.10. The molecule has 0 saturated carbocycles. The predicted octanol–water partition coefficient (Wildman–Crippen LogP) is 2.28. The first kappa shape index (κ1) is 14.4. The third-order valence-corrected chi connectivity index (χ3v) is 3.78. The molecule has 22 heavy (non-hydrogen) atoms. The second-order valence-corrected chi connectivity index (χ2v) is 5.33. The van der Waals surface area contributed by atoms with Gasteiger partial charge in [0, 0.05) is 12.7 Å². The molecule has 1 N–H and O–H groups in total. The van der Waals surface area contributed by atoms with Crippen LogP contribution in [0.2, 0.25) is 0 Å². The van der Waals surface area contributed by atoms with E-state index in [9.17, 15) is 4.79 Å². The number of hydrogen-bond acceptors (Lipinski definition) is 4. The second-order valence-electron chi connectivity index (χ2n) is 5.33. The van der Waals surface area contributed by atoms with Gasteiger partial charge in [0.05, 0.1) is 5.56 Å². The standard InChI is InChI=1S/C16H19N5O/c22-16(19-10-8-13-5-2-1-3-6-13)14-7-4-9-18-15(14)21-12-17-11-20-21/h4-5,7,9,11-12H,1-3,6,8,10H2,(H,19,22). The van der Waals surface area contributed by atoms with Crippen molar-refractivity contribution in [1.82, 2.24) is 25.1 Å². The molecule has 0 radical (unpaired) electrons. The maximum Gasteiger partial charge on any atom is 0.255 e. The normalized spacial score (nSPS) is 14.5. The van der Waals surface area contributed by atoms with Gasteiger partial charge in [0.15, 0.2) is 5.82 Å². The van der Waals surface area contributed by atoms with Crippen LogP contribution < -0.4 is 5.32 Å². The topological polar surface area (TPSA) is 72.7 Å². The van der Waals surface area contributed by atoms with Gasteiger partial charge in [0.25, 0.3) is 5.91 Å². The molecule has 3 rings (SSSR count). The Morgan fingerprint density at radius 2 is 2.32 bits per heavy atom. The molecule has 2 heterocycles. The van der Waals surface area contributed by atoms with Gasteiger partial charge >= 0.3 is 0 Å². The Balaban J connectivity index is 1.64. The number of nitrogens with one attached hydrogen (secondary N) is 1. The molecule has 114 valence electrons. The number of carbonyl (C=O) groups is 1. The van der Waals surface area contributed by atoms with Crippen LogP contribution in [-0.4, -0.2) is 32.2 Å². The van der Waals surface area contributed by atoms with Crippen molar-refractivity contribution in [1.29, 1.82) is 0 Å². The third-order valence-electron chi connectivity index (χ3n) is 3.78. The van der Waals surface area contributed by atoms with Crippen molar-refractivity contribution < 1.29 is 4.79 Å². The van der Waals surface area contributed by atoms with Crippen LogP contribution in [0.4, 0.5) is 0 Å². The molecule has 0 atom stereocenters. The monoisotopic (exact) mass is 297 g/mol. The van der Waals surface area contributed by atoms with Gasteiger partial charge in [-0.3, -0.25) is 4.79 Å². The Morgan fingerprint density at radius 3 is 3.09 bits per heavy atom. The van der Waals surface area contributed by atoms with Gasteiger partial charge in [-0.15, -0.1) is 0 Å². The number of aromatic nitrogens is 4. The van der Waals surface area contributed by atoms with Gasteiger partial charge in [-0.05, 0) is 44.2 Å². The summed E-state index contributed by atoms with van der Waals surface area (Å²) >= 11 is 0. The lowest BCUT2D eigenvalue weighted by Crippen LogP contribution is -2.26. The highest BCUT2D eigenvalue weighted by molar-refractivity contribution is 5.97. The number of rotatable bonds is 5. The molecule has 2 aromatic heterocycles. The van der Waals surface area contributed by atoms with Gasteiger partial charge in [-0.2, -0.15) is 5.10 Å². The second kappa shape index (κ2) is 6.98. The van der Waals surface area contributed by atoms with Crippen molar-refractivity contribution in [2.75, 3.05) is 6.54 Å². The number of allylic oxidation sites excluding steroid dienone is 1. The Hall–Kier alpha value is -2.50. The maximum absolute atomic E-state index is 12.4. The molecule has 6 heteroatoms. The number of carbonyl (C=O) groups excluding carboxylic acids is 1. The van der Waals surface area contributed by atoms with Crippen LogP contribution in [0.15, 0.2) is 42.6 Å². The molecule has 1 aliphatic carbocycles. The molecule has 6 nitrogen and oxygen atoms in total. The van der Waals surface area contributed by atoms with Crippen molar-refractivity contribution in [3.8, 4) is 5.82 Å². The summed E-state index contributed by atoms with van der Waals surface area (Å²) in [4.78, 5) is 20.5. The molecule has 0 aliphatic heterocycles. The fourth-order valence-corrected chi connectivity index (χ4v) is 2.64. The highest BCUT2D eigenvalue weighted by Gasteiger charge is 2.14. The van der Waals surface area contributed by atoms with Gasteiger partial charge in [0.1, 0.15) is 12.7 Å². The molecule has 0 fully saturated rings. The highest BCUT2D eigenvalue weighted by Crippen LogP contribution is 2.19. The Bertz CT molecular complexity index is 663. The SMILES string of the molecule is O=C(NCCC1=CCCCC1)c1cccnc1-n1cncn1. The van der Waals surface area contributed by atoms with Gasteiger partial charge < -0.3 is 5.32 Å². The molecule has 1 amide bonds. The van der Waals surface area contributed by atoms with E-state index in [0.717, 1.165) is 12.8 Å². The van der Waals surface area contributed by atoms with Crippen LogP contribution in [0, 0.1) is 0 Å². The lowest BCUT2D eigenvalue weighted by Gasteiger charge is -2.13. The number of amides is 1. The summed E-state index contributed by atoms with van der Waals surface area (Å²) < 4.78 is 1.50. The fourth-order valence-electron chi connectivity index (χ4n) is 2.64. The van der Waals surface area contributed by atoms with Crippen LogP contribution >= 0.6 is 0 Å². The van der Waals surface area contributed by atoms with E-state index in [-0.39, 0.29) is 5.91 Å². The molecule has 0 saturated heterocycles. The lowest BCUT2D eigenvalue weighted by molar-refractivity contribution is 0.0953. The minimum Gasteiger partial charge on any atom is -0.352 e. The minimum absolute atomic E-state index is 0.130. The molecule has 0 aromatic carbocycles. The van der Waals surface area contributed by atoms with E-state index < -0.39 is 0 Å². The maximum atomic E-state index is 12.4. The van der Waals surface area contributed by atoms with Crippen LogP contribution in [0.25, 0.3) is 5.82 Å². The van der Waals surface area contributed by atoms with Crippen molar-refractivity contribution in [3.63, 3.8) is 0 Å². The van der Waals surface area contributed by atoms with Crippen LogP contribution in [0.3, 0.4) is 0 Å². The number of hydrogen-bond donors (Lipinski definition) is 1. The van der Waals surface area contributed by atoms with Crippen molar-refractivity contribution in [2.24, 2.45) is 0 Å². The van der Waals surface area contributed by atoms with E-state index in [2.05, 4.69) is 26.5 Å². The summed E-state index contributed by atoms with van der Waals surface area (Å²) in [6.45, 7) is 0.649. The number of nitrogens with zero attached hydrogens (tertiary/aromatic N) is 4. The number of pyridine rings is 1. The zero-order valence-electron chi connectivity index (χ0n) is 12.4. The smallest absolute Gasteiger partial charge is 0.255 e. The van der Waals surface area contributed by atoms with Gasteiger partial charge in [-0.25, -0.2) is 14.6 Å². The Kier molecular flexibility index (Phi) is 4.58. The van der Waals surface area contributed by atoms with Gasteiger partial charge in [0.2, 0.25) is 0 Å². The lowest BCUT2D eigenvalue weighted by atomic mass is 9.97. The molecule has 1 aliphatic rings. The molecule has 2 aromatic rings. The summed E-state index contributed by atoms with van der Waals surface area (Å²) in [5.41, 5.74) is 1.96. The third kappa shape index (κ3) is 3.39. The Morgan fingerprint density at radius 1 is 1.36 bits per heavy atom. The first-order valence-corrected chi connectivity index (χ1v) is 7.61. The summed E-state index contributed by atoms with van der Waals surface area (Å²) in [6, 6.07) is 3.50. The van der Waals surface area contributed by atoms with Crippen LogP contribution in [0.1, 0.15) is 42.5 Å². The predicted molar refractivity (Wildman–Crippen MR) is 82.7 cm³/mol. The van der Waals surface area contributed by atoms with E-state index in [1.807, 2.05) is 0 Å². The molecule has 0 bridgehead atoms. The molecule has 0 spiro atoms. The molecular weight excluding hydrogens is 278 g/mol. The van der Waals surface area contributed by atoms with E-state index >= 15 is 0 Å². The summed E-state index contributed by atoms with van der Waals surface area (Å²) in [5.74, 6) is 0.365. The fraction of sp³-hybridized carbons (Fsp3) is 0.375. The Labute approximate surface area is 129 Å². The molecule has 0 unspecified atom stereocenters. The largest absolute Gasteiger partial charge is 0.352 e. The van der Waals surface area contributed by atoms with E-state index in [1.54, 1.807) is 18.3 Å². The van der Waals surface area contributed by atoms with E-state index in [4.69, 9.17) is 0 Å². The summed E-state index contributed by atoms with van der Waals surface area (Å²) in [7, 11) is 0. The van der Waals surface area contributed by atoms with Gasteiger partial charge in [-0.1, -0.05) is 11.6 Å². The van der Waals surface area contributed by atoms with Crippen molar-refractivity contribution in [2.45, 2.75) is 32.1 Å². The van der Waals surface area contributed by atoms with E-state index in [1.165, 1.54) is 42.2 Å². The quantitative estimate of drug-likeness (QED) is 0.859.